The molecular formula is C19H23N5O2. The summed E-state index contributed by atoms with van der Waals surface area (Å²) in [6.45, 7) is 3.23. The lowest BCUT2D eigenvalue weighted by atomic mass is 9.86. The zero-order valence-corrected chi connectivity index (χ0v) is 14.8. The molecule has 7 heteroatoms. The van der Waals surface area contributed by atoms with E-state index in [2.05, 4.69) is 15.3 Å². The van der Waals surface area contributed by atoms with Crippen molar-refractivity contribution in [1.82, 2.24) is 20.2 Å². The monoisotopic (exact) mass is 353 g/mol. The number of nitrogens with two attached hydrogens (primary N) is 1. The van der Waals surface area contributed by atoms with Crippen molar-refractivity contribution in [1.29, 1.82) is 0 Å². The van der Waals surface area contributed by atoms with E-state index in [9.17, 15) is 9.59 Å². The largest absolute Gasteiger partial charge is 0.351 e. The van der Waals surface area contributed by atoms with Crippen molar-refractivity contribution in [3.8, 4) is 0 Å². The quantitative estimate of drug-likeness (QED) is 0.763. The number of carbonyl (C=O) groups is 2. The maximum absolute atomic E-state index is 13.3. The highest BCUT2D eigenvalue weighted by atomic mass is 16.2. The lowest BCUT2D eigenvalue weighted by Crippen LogP contribution is -2.60. The second-order valence-electron chi connectivity index (χ2n) is 6.54. The smallest absolute Gasteiger partial charge is 0.315 e. The number of ketones is 1. The van der Waals surface area contributed by atoms with Gasteiger partial charge >= 0.3 is 6.03 Å². The summed E-state index contributed by atoms with van der Waals surface area (Å²) in [5.41, 5.74) is 6.86. The molecule has 0 saturated carbocycles. The van der Waals surface area contributed by atoms with Crippen LogP contribution < -0.4 is 11.1 Å². The van der Waals surface area contributed by atoms with E-state index in [1.807, 2.05) is 25.1 Å². The Morgan fingerprint density at radius 1 is 1.27 bits per heavy atom. The first kappa shape index (κ1) is 18.0. The molecule has 0 unspecified atom stereocenters. The molecule has 0 bridgehead atoms. The molecule has 0 radical (unpaired) electrons. The number of amides is 2. The number of hydrogen-bond donors (Lipinski definition) is 2. The zero-order chi connectivity index (χ0) is 18.6. The van der Waals surface area contributed by atoms with Gasteiger partial charge in [-0.1, -0.05) is 6.07 Å². The van der Waals surface area contributed by atoms with E-state index in [4.69, 9.17) is 5.73 Å². The highest BCUT2D eigenvalue weighted by Crippen LogP contribution is 2.28. The van der Waals surface area contributed by atoms with Crippen molar-refractivity contribution in [3.05, 3.63) is 59.7 Å². The third-order valence-electron chi connectivity index (χ3n) is 4.83. The Kier molecular flexibility index (Phi) is 5.27. The van der Waals surface area contributed by atoms with Crippen LogP contribution in [-0.4, -0.2) is 51.9 Å². The Bertz CT molecular complexity index is 770. The fraction of sp³-hybridized carbons (Fsp3) is 0.368. The number of urea groups is 1. The highest BCUT2D eigenvalue weighted by molar-refractivity contribution is 6.05. The Balaban J connectivity index is 1.88. The molecule has 2 aromatic heterocycles. The number of pyridine rings is 2. The van der Waals surface area contributed by atoms with E-state index < -0.39 is 11.6 Å². The first-order chi connectivity index (χ1) is 12.5. The van der Waals surface area contributed by atoms with E-state index >= 15 is 0 Å². The number of nitrogens with one attached hydrogen (secondary N) is 1. The summed E-state index contributed by atoms with van der Waals surface area (Å²) in [5.74, 6) is -0.130. The van der Waals surface area contributed by atoms with Crippen LogP contribution >= 0.6 is 0 Å². The molecule has 0 spiro atoms. The second kappa shape index (κ2) is 7.61. The van der Waals surface area contributed by atoms with Gasteiger partial charge in [0.2, 0.25) is 0 Å². The molecule has 3 rings (SSSR count). The van der Waals surface area contributed by atoms with Crippen LogP contribution in [0.2, 0.25) is 0 Å². The van der Waals surface area contributed by atoms with Gasteiger partial charge in [-0.15, -0.1) is 0 Å². The summed E-state index contributed by atoms with van der Waals surface area (Å²) in [4.78, 5) is 35.5. The van der Waals surface area contributed by atoms with Gasteiger partial charge < -0.3 is 16.0 Å². The molecule has 1 aliphatic heterocycles. The molecule has 0 aliphatic carbocycles. The van der Waals surface area contributed by atoms with Crippen molar-refractivity contribution in [2.75, 3.05) is 19.6 Å². The Labute approximate surface area is 152 Å². The molecule has 7 nitrogen and oxygen atoms in total. The fourth-order valence-corrected chi connectivity index (χ4v) is 3.40. The van der Waals surface area contributed by atoms with Gasteiger partial charge in [0.15, 0.2) is 5.78 Å². The number of aromatic nitrogens is 2. The summed E-state index contributed by atoms with van der Waals surface area (Å²) in [7, 11) is 0. The van der Waals surface area contributed by atoms with Crippen LogP contribution in [0, 0.1) is 6.92 Å². The predicted octanol–water partition coefficient (Wildman–Crippen LogP) is 1.32. The van der Waals surface area contributed by atoms with Crippen LogP contribution in [0.1, 0.15) is 28.2 Å². The Morgan fingerprint density at radius 3 is 2.69 bits per heavy atom. The third kappa shape index (κ3) is 3.57. The molecule has 1 fully saturated rings. The number of aryl methyl sites for hydroxylation is 1. The number of hydrogen-bond acceptors (Lipinski definition) is 5. The first-order valence-electron chi connectivity index (χ1n) is 8.68. The topological polar surface area (TPSA) is 101 Å². The lowest BCUT2D eigenvalue weighted by molar-refractivity contribution is 0.0687. The van der Waals surface area contributed by atoms with E-state index in [1.54, 1.807) is 24.5 Å². The number of nitrogens with zero attached hydrogens (tertiary/aromatic N) is 3. The van der Waals surface area contributed by atoms with Gasteiger partial charge in [-0.05, 0) is 44.2 Å². The highest BCUT2D eigenvalue weighted by Gasteiger charge is 2.48. The Hall–Kier alpha value is -2.80. The van der Waals surface area contributed by atoms with Crippen molar-refractivity contribution in [2.24, 2.45) is 5.73 Å². The molecule has 26 heavy (non-hydrogen) atoms. The first-order valence-corrected chi connectivity index (χ1v) is 8.68. The summed E-state index contributed by atoms with van der Waals surface area (Å²) < 4.78 is 0. The van der Waals surface area contributed by atoms with E-state index in [1.165, 1.54) is 4.90 Å². The fourth-order valence-electron chi connectivity index (χ4n) is 3.40. The molecule has 2 aromatic rings. The van der Waals surface area contributed by atoms with Gasteiger partial charge in [-0.3, -0.25) is 14.8 Å². The van der Waals surface area contributed by atoms with Crippen molar-refractivity contribution in [3.63, 3.8) is 0 Å². The van der Waals surface area contributed by atoms with E-state index in [0.717, 1.165) is 11.4 Å². The average Bonchev–Trinajstić information content (AvgIpc) is 3.13. The van der Waals surface area contributed by atoms with Gasteiger partial charge in [-0.2, -0.15) is 0 Å². The summed E-state index contributed by atoms with van der Waals surface area (Å²) in [5, 5.41) is 3.20. The second-order valence-corrected chi connectivity index (χ2v) is 6.54. The van der Waals surface area contributed by atoms with Gasteiger partial charge in [0, 0.05) is 48.9 Å². The van der Waals surface area contributed by atoms with Crippen LogP contribution in [0.3, 0.4) is 0 Å². The van der Waals surface area contributed by atoms with Crippen LogP contribution in [0.25, 0.3) is 0 Å². The van der Waals surface area contributed by atoms with Gasteiger partial charge in [0.25, 0.3) is 0 Å². The molecule has 3 N–H and O–H groups in total. The number of rotatable bonds is 6. The van der Waals surface area contributed by atoms with E-state index in [-0.39, 0.29) is 5.78 Å². The maximum Gasteiger partial charge on any atom is 0.315 e. The minimum atomic E-state index is -0.989. The molecule has 2 amide bonds. The summed E-state index contributed by atoms with van der Waals surface area (Å²) in [6, 6.07) is 8.58. The molecule has 0 aromatic carbocycles. The molecule has 1 saturated heterocycles. The Morgan fingerprint density at radius 2 is 2.12 bits per heavy atom. The van der Waals surface area contributed by atoms with Crippen molar-refractivity contribution < 1.29 is 9.59 Å². The van der Waals surface area contributed by atoms with Crippen LogP contribution in [0.15, 0.2) is 42.7 Å². The SMILES string of the molecule is Cc1ccc(C(=O)[C@@]2(N(CCc3ccccn3)C(N)=O)CCNC2)cn1. The van der Waals surface area contributed by atoms with Crippen LogP contribution in [0.5, 0.6) is 0 Å². The zero-order valence-electron chi connectivity index (χ0n) is 14.8. The summed E-state index contributed by atoms with van der Waals surface area (Å²) in [6.07, 6.45) is 4.32. The third-order valence-corrected chi connectivity index (χ3v) is 4.83. The molecular weight excluding hydrogens is 330 g/mol. The van der Waals surface area contributed by atoms with Crippen LogP contribution in [-0.2, 0) is 6.42 Å². The maximum atomic E-state index is 13.3. The van der Waals surface area contributed by atoms with Crippen molar-refractivity contribution in [2.45, 2.75) is 25.3 Å². The summed E-state index contributed by atoms with van der Waals surface area (Å²) >= 11 is 0. The normalized spacial score (nSPS) is 19.3. The average molecular weight is 353 g/mol. The molecule has 1 aliphatic rings. The minimum absolute atomic E-state index is 0.130. The molecule has 3 heterocycles. The molecule has 136 valence electrons. The van der Waals surface area contributed by atoms with Gasteiger partial charge in [0.05, 0.1) is 0 Å². The predicted molar refractivity (Wildman–Crippen MR) is 97.8 cm³/mol. The standard InChI is InChI=1S/C19H23N5O2/c1-14-5-6-15(12-23-14)17(25)19(8-10-21-13-19)24(18(20)26)11-7-16-4-2-3-9-22-16/h2-6,9,12,21H,7-8,10-11,13H2,1H3,(H2,20,26)/t19-/m1/s1. The number of carbonyl (C=O) groups excluding carboxylic acids is 2. The number of Topliss-reactive ketones (excluding diaryl/α,β-unsaturated/α-hetero) is 1. The number of primary amides is 1. The van der Waals surface area contributed by atoms with Crippen molar-refractivity contribution >= 4 is 11.8 Å². The van der Waals surface area contributed by atoms with Gasteiger partial charge in [0.1, 0.15) is 5.54 Å². The van der Waals surface area contributed by atoms with Crippen LogP contribution in [0.4, 0.5) is 4.79 Å². The van der Waals surface area contributed by atoms with E-state index in [0.29, 0.717) is 38.0 Å². The molecule has 1 atom stereocenters. The lowest BCUT2D eigenvalue weighted by Gasteiger charge is -2.38. The van der Waals surface area contributed by atoms with Gasteiger partial charge in [-0.25, -0.2) is 4.79 Å². The minimum Gasteiger partial charge on any atom is -0.351 e.